The zero-order valence-corrected chi connectivity index (χ0v) is 9.25. The van der Waals surface area contributed by atoms with Gasteiger partial charge in [-0.3, -0.25) is 4.79 Å². The summed E-state index contributed by atoms with van der Waals surface area (Å²) in [6.45, 7) is 0. The van der Waals surface area contributed by atoms with Gasteiger partial charge in [-0.15, -0.1) is 0 Å². The zero-order valence-electron chi connectivity index (χ0n) is 7.66. The Hall–Kier alpha value is -1.14. The minimum atomic E-state index is 0.0987. The Morgan fingerprint density at radius 1 is 1.50 bits per heavy atom. The Bertz CT molecular complexity index is 368. The van der Waals surface area contributed by atoms with Gasteiger partial charge >= 0.3 is 0 Å². The van der Waals surface area contributed by atoms with Crippen molar-refractivity contribution in [3.63, 3.8) is 0 Å². The standard InChI is InChI=1S/C11H10BrNO/c12-10-5-3-4-9(8-10)11(14)6-1-2-7-13/h3-5,8H,1-2,6H2. The van der Waals surface area contributed by atoms with Crippen LogP contribution < -0.4 is 0 Å². The fourth-order valence-electron chi connectivity index (χ4n) is 1.13. The fourth-order valence-corrected chi connectivity index (χ4v) is 1.53. The van der Waals surface area contributed by atoms with E-state index in [0.29, 0.717) is 24.8 Å². The van der Waals surface area contributed by atoms with Gasteiger partial charge in [0.15, 0.2) is 5.78 Å². The molecule has 1 rings (SSSR count). The van der Waals surface area contributed by atoms with E-state index < -0.39 is 0 Å². The van der Waals surface area contributed by atoms with Gasteiger partial charge in [-0.1, -0.05) is 28.1 Å². The molecule has 0 atom stereocenters. The maximum atomic E-state index is 11.5. The van der Waals surface area contributed by atoms with Crippen molar-refractivity contribution in [1.82, 2.24) is 0 Å². The maximum absolute atomic E-state index is 11.5. The summed E-state index contributed by atoms with van der Waals surface area (Å²) in [6.07, 6.45) is 1.53. The zero-order chi connectivity index (χ0) is 10.4. The van der Waals surface area contributed by atoms with Crippen LogP contribution in [-0.2, 0) is 0 Å². The molecule has 0 saturated carbocycles. The molecule has 0 spiro atoms. The molecule has 1 aromatic carbocycles. The lowest BCUT2D eigenvalue weighted by molar-refractivity contribution is 0.0980. The first-order chi connectivity index (χ1) is 6.74. The lowest BCUT2D eigenvalue weighted by Gasteiger charge is -1.99. The van der Waals surface area contributed by atoms with Gasteiger partial charge in [0.2, 0.25) is 0 Å². The first kappa shape index (κ1) is 10.9. The highest BCUT2D eigenvalue weighted by atomic mass is 79.9. The summed E-state index contributed by atoms with van der Waals surface area (Å²) in [5.74, 6) is 0.0987. The molecule has 0 aliphatic carbocycles. The maximum Gasteiger partial charge on any atom is 0.162 e. The van der Waals surface area contributed by atoms with Crippen LogP contribution in [0.25, 0.3) is 0 Å². The van der Waals surface area contributed by atoms with Crippen LogP contribution in [0.3, 0.4) is 0 Å². The van der Waals surface area contributed by atoms with Gasteiger partial charge in [0.05, 0.1) is 6.07 Å². The first-order valence-electron chi connectivity index (χ1n) is 4.40. The lowest BCUT2D eigenvalue weighted by atomic mass is 10.1. The van der Waals surface area contributed by atoms with Crippen molar-refractivity contribution in [2.24, 2.45) is 0 Å². The second-order valence-electron chi connectivity index (χ2n) is 2.95. The van der Waals surface area contributed by atoms with Gasteiger partial charge in [0.25, 0.3) is 0 Å². The van der Waals surface area contributed by atoms with Gasteiger partial charge in [-0.25, -0.2) is 0 Å². The number of nitrogens with zero attached hydrogens (tertiary/aromatic N) is 1. The van der Waals surface area contributed by atoms with E-state index in [1.165, 1.54) is 0 Å². The quantitative estimate of drug-likeness (QED) is 0.609. The van der Waals surface area contributed by atoms with Crippen molar-refractivity contribution in [1.29, 1.82) is 5.26 Å². The topological polar surface area (TPSA) is 40.9 Å². The summed E-state index contributed by atoms with van der Waals surface area (Å²) in [5.41, 5.74) is 0.706. The molecule has 0 heterocycles. The molecule has 0 fully saturated rings. The minimum Gasteiger partial charge on any atom is -0.294 e. The molecule has 0 aromatic heterocycles. The number of ketones is 1. The SMILES string of the molecule is N#CCCCC(=O)c1cccc(Br)c1. The van der Waals surface area contributed by atoms with E-state index in [1.807, 2.05) is 18.2 Å². The second-order valence-corrected chi connectivity index (χ2v) is 3.86. The third-order valence-electron chi connectivity index (χ3n) is 1.84. The number of carbonyl (C=O) groups is 1. The summed E-state index contributed by atoms with van der Waals surface area (Å²) in [4.78, 5) is 11.5. The van der Waals surface area contributed by atoms with Gasteiger partial charge < -0.3 is 0 Å². The number of hydrogen-bond acceptors (Lipinski definition) is 2. The molecule has 0 saturated heterocycles. The number of halogens is 1. The van der Waals surface area contributed by atoms with E-state index in [-0.39, 0.29) is 5.78 Å². The summed E-state index contributed by atoms with van der Waals surface area (Å²) in [7, 11) is 0. The van der Waals surface area contributed by atoms with Gasteiger partial charge in [0.1, 0.15) is 0 Å². The molecule has 2 nitrogen and oxygen atoms in total. The van der Waals surface area contributed by atoms with E-state index in [2.05, 4.69) is 15.9 Å². The van der Waals surface area contributed by atoms with E-state index in [9.17, 15) is 4.79 Å². The smallest absolute Gasteiger partial charge is 0.162 e. The Labute approximate surface area is 91.7 Å². The van der Waals surface area contributed by atoms with Gasteiger partial charge in [-0.05, 0) is 18.6 Å². The number of nitriles is 1. The highest BCUT2D eigenvalue weighted by Crippen LogP contribution is 2.14. The van der Waals surface area contributed by atoms with Crippen LogP contribution in [0.5, 0.6) is 0 Å². The molecule has 14 heavy (non-hydrogen) atoms. The number of rotatable bonds is 4. The number of unbranched alkanes of at least 4 members (excludes halogenated alkanes) is 1. The monoisotopic (exact) mass is 251 g/mol. The highest BCUT2D eigenvalue weighted by Gasteiger charge is 2.04. The predicted molar refractivity (Wildman–Crippen MR) is 57.9 cm³/mol. The summed E-state index contributed by atoms with van der Waals surface area (Å²) < 4.78 is 0.906. The van der Waals surface area contributed by atoms with E-state index in [4.69, 9.17) is 5.26 Å². The molecule has 0 bridgehead atoms. The van der Waals surface area contributed by atoms with Crippen LogP contribution in [0.4, 0.5) is 0 Å². The van der Waals surface area contributed by atoms with E-state index in [1.54, 1.807) is 12.1 Å². The van der Waals surface area contributed by atoms with Crippen LogP contribution in [-0.4, -0.2) is 5.78 Å². The second kappa shape index (κ2) is 5.56. The number of carbonyl (C=O) groups excluding carboxylic acids is 1. The van der Waals surface area contributed by atoms with E-state index in [0.717, 1.165) is 4.47 Å². The van der Waals surface area contributed by atoms with Crippen LogP contribution in [0.1, 0.15) is 29.6 Å². The third kappa shape index (κ3) is 3.31. The van der Waals surface area contributed by atoms with Gasteiger partial charge in [-0.2, -0.15) is 5.26 Å². The molecule has 0 unspecified atom stereocenters. The minimum absolute atomic E-state index is 0.0987. The molecular weight excluding hydrogens is 242 g/mol. The molecule has 0 N–H and O–H groups in total. The fraction of sp³-hybridized carbons (Fsp3) is 0.273. The van der Waals surface area contributed by atoms with Crippen molar-refractivity contribution >= 4 is 21.7 Å². The molecule has 3 heteroatoms. The third-order valence-corrected chi connectivity index (χ3v) is 2.33. The number of Topliss-reactive ketones (excluding diaryl/α,β-unsaturated/α-hetero) is 1. The molecular formula is C11H10BrNO. The van der Waals surface area contributed by atoms with Crippen molar-refractivity contribution in [2.45, 2.75) is 19.3 Å². The molecule has 1 aromatic rings. The summed E-state index contributed by atoms with van der Waals surface area (Å²) in [5, 5.41) is 8.33. The van der Waals surface area contributed by atoms with E-state index >= 15 is 0 Å². The van der Waals surface area contributed by atoms with Crippen molar-refractivity contribution in [3.05, 3.63) is 34.3 Å². The molecule has 0 aliphatic rings. The average molecular weight is 252 g/mol. The predicted octanol–water partition coefficient (Wildman–Crippen LogP) is 3.33. The molecule has 0 amide bonds. The highest BCUT2D eigenvalue weighted by molar-refractivity contribution is 9.10. The summed E-state index contributed by atoms with van der Waals surface area (Å²) >= 11 is 3.31. The Balaban J connectivity index is 2.57. The molecule has 72 valence electrons. The Kier molecular flexibility index (Phi) is 4.34. The summed E-state index contributed by atoms with van der Waals surface area (Å²) in [6, 6.07) is 9.33. The number of hydrogen-bond donors (Lipinski definition) is 0. The Morgan fingerprint density at radius 3 is 2.93 bits per heavy atom. The normalized spacial score (nSPS) is 9.43. The first-order valence-corrected chi connectivity index (χ1v) is 5.19. The Morgan fingerprint density at radius 2 is 2.29 bits per heavy atom. The molecule has 0 aliphatic heterocycles. The average Bonchev–Trinajstić information content (AvgIpc) is 2.18. The molecule has 0 radical (unpaired) electrons. The van der Waals surface area contributed by atoms with Gasteiger partial charge in [0, 0.05) is 22.9 Å². The van der Waals surface area contributed by atoms with Crippen LogP contribution >= 0.6 is 15.9 Å². The van der Waals surface area contributed by atoms with Crippen LogP contribution in [0.15, 0.2) is 28.7 Å². The van der Waals surface area contributed by atoms with Crippen LogP contribution in [0.2, 0.25) is 0 Å². The van der Waals surface area contributed by atoms with Crippen molar-refractivity contribution in [2.75, 3.05) is 0 Å². The van der Waals surface area contributed by atoms with Crippen molar-refractivity contribution < 1.29 is 4.79 Å². The van der Waals surface area contributed by atoms with Crippen molar-refractivity contribution in [3.8, 4) is 6.07 Å². The lowest BCUT2D eigenvalue weighted by Crippen LogP contribution is -1.98. The number of benzene rings is 1. The van der Waals surface area contributed by atoms with Crippen LogP contribution in [0, 0.1) is 11.3 Å². The largest absolute Gasteiger partial charge is 0.294 e.